The number of amides is 1. The van der Waals surface area contributed by atoms with Gasteiger partial charge in [0, 0.05) is 13.0 Å². The predicted octanol–water partition coefficient (Wildman–Crippen LogP) is 0.991. The van der Waals surface area contributed by atoms with Crippen LogP contribution in [0.4, 0.5) is 5.13 Å². The first kappa shape index (κ1) is 12.5. The summed E-state index contributed by atoms with van der Waals surface area (Å²) in [6.45, 7) is 0.364. The second kappa shape index (κ2) is 4.89. The topological polar surface area (TPSA) is 92.7 Å². The largest absolute Gasteiger partial charge is 0.343 e. The number of rotatable bonds is 2. The van der Waals surface area contributed by atoms with Crippen LogP contribution in [0, 0.1) is 5.92 Å². The molecule has 1 aliphatic rings. The van der Waals surface area contributed by atoms with Crippen LogP contribution >= 0.6 is 27.3 Å². The van der Waals surface area contributed by atoms with Gasteiger partial charge in [0.15, 0.2) is 5.13 Å². The number of nitrogens with zero attached hydrogens (tertiary/aromatic N) is 3. The van der Waals surface area contributed by atoms with E-state index in [1.165, 1.54) is 15.9 Å². The van der Waals surface area contributed by atoms with Crippen LogP contribution in [-0.2, 0) is 17.8 Å². The van der Waals surface area contributed by atoms with E-state index in [1.807, 2.05) is 0 Å². The highest BCUT2D eigenvalue weighted by atomic mass is 79.9. The molecular weight excluding hydrogens is 334 g/mol. The van der Waals surface area contributed by atoms with Gasteiger partial charge in [-0.3, -0.25) is 9.36 Å². The Hall–Kier alpha value is -1.48. The molecule has 9 heteroatoms. The molecule has 1 atom stereocenters. The van der Waals surface area contributed by atoms with E-state index >= 15 is 0 Å². The van der Waals surface area contributed by atoms with E-state index in [0.29, 0.717) is 30.3 Å². The van der Waals surface area contributed by atoms with E-state index < -0.39 is 0 Å². The van der Waals surface area contributed by atoms with E-state index in [-0.39, 0.29) is 17.5 Å². The maximum atomic E-state index is 12.1. The van der Waals surface area contributed by atoms with Crippen molar-refractivity contribution in [3.8, 4) is 0 Å². The number of aromatic nitrogens is 4. The van der Waals surface area contributed by atoms with Gasteiger partial charge in [0.25, 0.3) is 0 Å². The number of nitrogens with one attached hydrogen (secondary N) is 2. The fourth-order valence-corrected chi connectivity index (χ4v) is 3.19. The molecule has 0 saturated heterocycles. The molecule has 3 heterocycles. The van der Waals surface area contributed by atoms with E-state index in [2.05, 4.69) is 36.4 Å². The molecule has 0 aliphatic carbocycles. The van der Waals surface area contributed by atoms with Gasteiger partial charge in [-0.2, -0.15) is 5.10 Å². The van der Waals surface area contributed by atoms with Crippen LogP contribution in [-0.4, -0.2) is 25.7 Å². The summed E-state index contributed by atoms with van der Waals surface area (Å²) in [5.41, 5.74) is -0.260. The predicted molar refractivity (Wildman–Crippen MR) is 73.1 cm³/mol. The van der Waals surface area contributed by atoms with Crippen molar-refractivity contribution >= 4 is 38.3 Å². The third kappa shape index (κ3) is 2.47. The molecule has 0 fully saturated rings. The summed E-state index contributed by atoms with van der Waals surface area (Å²) in [4.78, 5) is 27.7. The van der Waals surface area contributed by atoms with Gasteiger partial charge in [0.05, 0.1) is 15.9 Å². The second-order valence-corrected chi connectivity index (χ2v) is 6.66. The second-order valence-electron chi connectivity index (χ2n) is 4.25. The number of halogens is 1. The number of thiazole rings is 1. The maximum Gasteiger partial charge on any atom is 0.343 e. The average Bonchev–Trinajstić information content (AvgIpc) is 2.96. The van der Waals surface area contributed by atoms with Crippen LogP contribution < -0.4 is 11.0 Å². The summed E-state index contributed by atoms with van der Waals surface area (Å²) < 4.78 is 2.38. The van der Waals surface area contributed by atoms with Gasteiger partial charge in [-0.15, -0.1) is 0 Å². The molecule has 0 saturated carbocycles. The smallest absolute Gasteiger partial charge is 0.302 e. The highest BCUT2D eigenvalue weighted by molar-refractivity contribution is 9.11. The van der Waals surface area contributed by atoms with E-state index in [4.69, 9.17) is 0 Å². The Morgan fingerprint density at radius 1 is 1.63 bits per heavy atom. The van der Waals surface area contributed by atoms with Crippen molar-refractivity contribution in [1.82, 2.24) is 19.7 Å². The summed E-state index contributed by atoms with van der Waals surface area (Å²) in [5, 5.41) is 9.64. The molecule has 2 aromatic heterocycles. The molecule has 2 aromatic rings. The normalized spacial score (nSPS) is 18.1. The summed E-state index contributed by atoms with van der Waals surface area (Å²) in [6, 6.07) is 0. The van der Waals surface area contributed by atoms with Gasteiger partial charge < -0.3 is 5.32 Å². The number of H-pyrrole nitrogens is 1. The van der Waals surface area contributed by atoms with Crippen LogP contribution in [0.25, 0.3) is 0 Å². The van der Waals surface area contributed by atoms with Crippen LogP contribution in [0.5, 0.6) is 0 Å². The lowest BCUT2D eigenvalue weighted by Crippen LogP contribution is -2.34. The number of anilines is 1. The Bertz CT molecular complexity index is 676. The van der Waals surface area contributed by atoms with Gasteiger partial charge in [-0.25, -0.2) is 14.9 Å². The number of fused-ring (bicyclic) bond motifs is 1. The average molecular weight is 344 g/mol. The zero-order valence-electron chi connectivity index (χ0n) is 9.72. The first-order chi connectivity index (χ1) is 9.13. The van der Waals surface area contributed by atoms with Crippen molar-refractivity contribution in [2.75, 3.05) is 5.32 Å². The Kier molecular flexibility index (Phi) is 3.23. The highest BCUT2D eigenvalue weighted by Gasteiger charge is 2.27. The lowest BCUT2D eigenvalue weighted by molar-refractivity contribution is -0.120. The fraction of sp³-hybridized carbons (Fsp3) is 0.400. The lowest BCUT2D eigenvalue weighted by atomic mass is 9.99. The van der Waals surface area contributed by atoms with Crippen molar-refractivity contribution < 1.29 is 4.79 Å². The van der Waals surface area contributed by atoms with Crippen molar-refractivity contribution in [2.45, 2.75) is 19.4 Å². The molecule has 0 spiro atoms. The Labute approximate surface area is 120 Å². The number of carbonyl (C=O) groups is 1. The fourth-order valence-electron chi connectivity index (χ4n) is 2.08. The van der Waals surface area contributed by atoms with Crippen LogP contribution in [0.3, 0.4) is 0 Å². The van der Waals surface area contributed by atoms with Crippen LogP contribution in [0.15, 0.2) is 14.8 Å². The molecular formula is C10H10BrN5O2S. The van der Waals surface area contributed by atoms with Gasteiger partial charge >= 0.3 is 5.69 Å². The molecule has 19 heavy (non-hydrogen) atoms. The van der Waals surface area contributed by atoms with E-state index in [1.54, 1.807) is 6.20 Å². The SMILES string of the molecule is O=C(Nc1ncc(Br)s1)C1CCc2n[nH]c(=O)n2C1. The van der Waals surface area contributed by atoms with Gasteiger partial charge in [0.2, 0.25) is 5.91 Å². The van der Waals surface area contributed by atoms with Gasteiger partial charge in [-0.1, -0.05) is 11.3 Å². The molecule has 100 valence electrons. The minimum absolute atomic E-state index is 0.111. The van der Waals surface area contributed by atoms with E-state index in [0.717, 1.165) is 3.79 Å². The molecule has 7 nitrogen and oxygen atoms in total. The van der Waals surface area contributed by atoms with E-state index in [9.17, 15) is 9.59 Å². The molecule has 0 bridgehead atoms. The first-order valence-corrected chi connectivity index (χ1v) is 7.30. The number of hydrogen-bond donors (Lipinski definition) is 2. The number of carbonyl (C=O) groups excluding carboxylic acids is 1. The van der Waals surface area contributed by atoms with Gasteiger partial charge in [0.1, 0.15) is 5.82 Å². The van der Waals surface area contributed by atoms with Crippen LogP contribution in [0.1, 0.15) is 12.2 Å². The number of aryl methyl sites for hydroxylation is 1. The number of aromatic amines is 1. The summed E-state index contributed by atoms with van der Waals surface area (Å²) in [7, 11) is 0. The summed E-state index contributed by atoms with van der Waals surface area (Å²) in [5.74, 6) is 0.372. The summed E-state index contributed by atoms with van der Waals surface area (Å²) >= 11 is 4.65. The molecule has 3 rings (SSSR count). The molecule has 1 unspecified atom stereocenters. The maximum absolute atomic E-state index is 12.1. The first-order valence-electron chi connectivity index (χ1n) is 5.70. The van der Waals surface area contributed by atoms with Crippen molar-refractivity contribution in [1.29, 1.82) is 0 Å². The monoisotopic (exact) mass is 343 g/mol. The summed E-state index contributed by atoms with van der Waals surface area (Å²) in [6.07, 6.45) is 2.95. The zero-order valence-corrected chi connectivity index (χ0v) is 12.1. The molecule has 0 radical (unpaired) electrons. The Morgan fingerprint density at radius 2 is 2.47 bits per heavy atom. The minimum Gasteiger partial charge on any atom is -0.302 e. The van der Waals surface area contributed by atoms with Gasteiger partial charge in [-0.05, 0) is 22.4 Å². The molecule has 1 aliphatic heterocycles. The quantitative estimate of drug-likeness (QED) is 0.850. The Balaban J connectivity index is 1.72. The van der Waals surface area contributed by atoms with Crippen molar-refractivity contribution in [2.24, 2.45) is 5.92 Å². The standard InChI is InChI=1S/C10H10BrN5O2S/c11-6-3-12-9(19-6)13-8(17)5-1-2-7-14-15-10(18)16(7)4-5/h3,5H,1-2,4H2,(H,15,18)(H,12,13,17). The van der Waals surface area contributed by atoms with Crippen LogP contribution in [0.2, 0.25) is 0 Å². The lowest BCUT2D eigenvalue weighted by Gasteiger charge is -2.21. The zero-order chi connectivity index (χ0) is 13.4. The third-order valence-corrected chi connectivity index (χ3v) is 4.43. The molecule has 2 N–H and O–H groups in total. The van der Waals surface area contributed by atoms with Crippen molar-refractivity contribution in [3.05, 3.63) is 26.3 Å². The Morgan fingerprint density at radius 3 is 3.21 bits per heavy atom. The minimum atomic E-state index is -0.260. The highest BCUT2D eigenvalue weighted by Crippen LogP contribution is 2.25. The third-order valence-electron chi connectivity index (χ3n) is 3.04. The number of hydrogen-bond acceptors (Lipinski definition) is 5. The molecule has 1 amide bonds. The van der Waals surface area contributed by atoms with Crippen molar-refractivity contribution in [3.63, 3.8) is 0 Å². The molecule has 0 aromatic carbocycles.